The molecule has 0 unspecified atom stereocenters. The molecule has 1 fully saturated rings. The van der Waals surface area contributed by atoms with Gasteiger partial charge in [0.15, 0.2) is 0 Å². The molecule has 0 aliphatic carbocycles. The Balaban J connectivity index is 1.31. The predicted octanol–water partition coefficient (Wildman–Crippen LogP) is 5.17. The minimum atomic E-state index is -3.00. The lowest BCUT2D eigenvalue weighted by molar-refractivity contribution is -0.0503. The maximum atomic E-state index is 13.5. The highest BCUT2D eigenvalue weighted by molar-refractivity contribution is 5.97. The smallest absolute Gasteiger partial charge is 0.387 e. The highest BCUT2D eigenvalue weighted by Gasteiger charge is 2.32. The molecular weight excluding hydrogens is 464 g/mol. The number of carbonyl (C=O) groups is 2. The zero-order chi connectivity index (χ0) is 25.2. The lowest BCUT2D eigenvalue weighted by Crippen LogP contribution is -2.39. The normalized spacial score (nSPS) is 15.8. The van der Waals surface area contributed by atoms with E-state index < -0.39 is 6.61 Å². The molecule has 8 heteroatoms. The van der Waals surface area contributed by atoms with Gasteiger partial charge in [-0.25, -0.2) is 0 Å². The second-order valence-electron chi connectivity index (χ2n) is 9.26. The number of alkyl halides is 2. The van der Waals surface area contributed by atoms with E-state index in [4.69, 9.17) is 4.98 Å². The van der Waals surface area contributed by atoms with Crippen molar-refractivity contribution in [1.29, 1.82) is 0 Å². The van der Waals surface area contributed by atoms with Gasteiger partial charge in [-0.15, -0.1) is 0 Å². The van der Waals surface area contributed by atoms with Crippen LogP contribution in [0.1, 0.15) is 62.0 Å². The standard InChI is InChI=1S/C28H27F2N3O3/c1-18-10-11-23(27(35)33-16-20-6-2-3-7-21(20)17-33)25(31-18)19-12-14-32(15-13-19)26(34)22-8-4-5-9-24(22)36-28(29)30/h2-11,19,28H,12-17H2,1H3. The Hall–Kier alpha value is -3.81. The number of para-hydroxylation sites is 1. The van der Waals surface area contributed by atoms with E-state index in [2.05, 4.69) is 4.74 Å². The summed E-state index contributed by atoms with van der Waals surface area (Å²) in [5.41, 5.74) is 4.65. The summed E-state index contributed by atoms with van der Waals surface area (Å²) in [6.07, 6.45) is 1.25. The van der Waals surface area contributed by atoms with Crippen LogP contribution in [0.4, 0.5) is 8.78 Å². The van der Waals surface area contributed by atoms with Crippen LogP contribution in [0.2, 0.25) is 0 Å². The number of ether oxygens (including phenoxy) is 1. The van der Waals surface area contributed by atoms with Gasteiger partial charge in [0, 0.05) is 37.8 Å². The lowest BCUT2D eigenvalue weighted by atomic mass is 9.89. The fourth-order valence-corrected chi connectivity index (χ4v) is 5.08. The zero-order valence-corrected chi connectivity index (χ0v) is 20.0. The molecule has 0 saturated carbocycles. The molecule has 1 aromatic heterocycles. The largest absolute Gasteiger partial charge is 0.434 e. The number of benzene rings is 2. The number of piperidine rings is 1. The van der Waals surface area contributed by atoms with Gasteiger partial charge in [-0.3, -0.25) is 14.6 Å². The molecule has 36 heavy (non-hydrogen) atoms. The van der Waals surface area contributed by atoms with Crippen molar-refractivity contribution in [3.05, 3.63) is 94.3 Å². The van der Waals surface area contributed by atoms with Crippen LogP contribution in [0.25, 0.3) is 0 Å². The van der Waals surface area contributed by atoms with Gasteiger partial charge in [0.2, 0.25) is 0 Å². The molecule has 2 aliphatic rings. The quantitative estimate of drug-likeness (QED) is 0.494. The number of pyridine rings is 1. The van der Waals surface area contributed by atoms with Gasteiger partial charge in [-0.1, -0.05) is 36.4 Å². The van der Waals surface area contributed by atoms with Crippen molar-refractivity contribution in [1.82, 2.24) is 14.8 Å². The van der Waals surface area contributed by atoms with Gasteiger partial charge in [0.25, 0.3) is 11.8 Å². The topological polar surface area (TPSA) is 62.7 Å². The SMILES string of the molecule is Cc1ccc(C(=O)N2Cc3ccccc3C2)c(C2CCN(C(=O)c3ccccc3OC(F)F)CC2)n1. The number of halogens is 2. The predicted molar refractivity (Wildman–Crippen MR) is 130 cm³/mol. The van der Waals surface area contributed by atoms with Gasteiger partial charge in [-0.05, 0) is 55.2 Å². The van der Waals surface area contributed by atoms with E-state index >= 15 is 0 Å². The van der Waals surface area contributed by atoms with Gasteiger partial charge in [0.05, 0.1) is 16.8 Å². The fourth-order valence-electron chi connectivity index (χ4n) is 5.08. The summed E-state index contributed by atoms with van der Waals surface area (Å²) in [6, 6.07) is 17.8. The lowest BCUT2D eigenvalue weighted by Gasteiger charge is -2.33. The number of likely N-dealkylation sites (tertiary alicyclic amines) is 1. The fraction of sp³-hybridized carbons (Fsp3) is 0.321. The van der Waals surface area contributed by atoms with Crippen LogP contribution in [-0.2, 0) is 13.1 Å². The highest BCUT2D eigenvalue weighted by Crippen LogP contribution is 2.33. The van der Waals surface area contributed by atoms with Gasteiger partial charge in [-0.2, -0.15) is 8.78 Å². The molecule has 0 N–H and O–H groups in total. The molecule has 1 saturated heterocycles. The average Bonchev–Trinajstić information content (AvgIpc) is 3.32. The maximum absolute atomic E-state index is 13.5. The van der Waals surface area contributed by atoms with Crippen molar-refractivity contribution < 1.29 is 23.1 Å². The number of nitrogens with zero attached hydrogens (tertiary/aromatic N) is 3. The van der Waals surface area contributed by atoms with E-state index in [0.29, 0.717) is 44.6 Å². The molecule has 0 spiro atoms. The van der Waals surface area contributed by atoms with Crippen molar-refractivity contribution in [3.8, 4) is 5.75 Å². The van der Waals surface area contributed by atoms with Crippen LogP contribution in [-0.4, -0.2) is 46.3 Å². The Morgan fingerprint density at radius 3 is 2.14 bits per heavy atom. The summed E-state index contributed by atoms with van der Waals surface area (Å²) >= 11 is 0. The zero-order valence-electron chi connectivity index (χ0n) is 20.0. The Labute approximate surface area is 208 Å². The van der Waals surface area contributed by atoms with Gasteiger partial charge < -0.3 is 14.5 Å². The summed E-state index contributed by atoms with van der Waals surface area (Å²) in [4.78, 5) is 34.9. The summed E-state index contributed by atoms with van der Waals surface area (Å²) in [7, 11) is 0. The Bertz CT molecular complexity index is 1260. The monoisotopic (exact) mass is 491 g/mol. The molecular formula is C28H27F2N3O3. The van der Waals surface area contributed by atoms with E-state index in [1.165, 1.54) is 12.1 Å². The van der Waals surface area contributed by atoms with Crippen LogP contribution in [0.5, 0.6) is 5.75 Å². The average molecular weight is 492 g/mol. The first-order valence-corrected chi connectivity index (χ1v) is 12.1. The number of aryl methyl sites for hydroxylation is 1. The highest BCUT2D eigenvalue weighted by atomic mass is 19.3. The number of aromatic nitrogens is 1. The molecule has 5 rings (SSSR count). The van der Waals surface area contributed by atoms with Crippen molar-refractivity contribution in [2.45, 2.75) is 45.4 Å². The van der Waals surface area contributed by atoms with E-state index in [0.717, 1.165) is 22.5 Å². The van der Waals surface area contributed by atoms with Crippen LogP contribution in [0.15, 0.2) is 60.7 Å². The van der Waals surface area contributed by atoms with E-state index in [1.807, 2.05) is 48.2 Å². The summed E-state index contributed by atoms with van der Waals surface area (Å²) in [5.74, 6) is -0.483. The maximum Gasteiger partial charge on any atom is 0.387 e. The van der Waals surface area contributed by atoms with E-state index in [9.17, 15) is 18.4 Å². The van der Waals surface area contributed by atoms with Crippen molar-refractivity contribution in [2.75, 3.05) is 13.1 Å². The van der Waals surface area contributed by atoms with Crippen LogP contribution < -0.4 is 4.74 Å². The summed E-state index contributed by atoms with van der Waals surface area (Å²) in [5, 5.41) is 0. The third kappa shape index (κ3) is 4.80. The first-order valence-electron chi connectivity index (χ1n) is 12.1. The Morgan fingerprint density at radius 2 is 1.47 bits per heavy atom. The van der Waals surface area contributed by atoms with Crippen LogP contribution >= 0.6 is 0 Å². The summed E-state index contributed by atoms with van der Waals surface area (Å²) in [6.45, 7) is 0.930. The van der Waals surface area contributed by atoms with Crippen molar-refractivity contribution in [3.63, 3.8) is 0 Å². The Kier molecular flexibility index (Phi) is 6.67. The van der Waals surface area contributed by atoms with Crippen LogP contribution in [0, 0.1) is 6.92 Å². The van der Waals surface area contributed by atoms with E-state index in [-0.39, 0.29) is 29.0 Å². The molecule has 3 aromatic rings. The first-order chi connectivity index (χ1) is 17.4. The van der Waals surface area contributed by atoms with Crippen molar-refractivity contribution >= 4 is 11.8 Å². The third-order valence-corrected chi connectivity index (χ3v) is 6.92. The first kappa shape index (κ1) is 23.9. The number of rotatable bonds is 5. The van der Waals surface area contributed by atoms with Gasteiger partial charge >= 0.3 is 6.61 Å². The summed E-state index contributed by atoms with van der Waals surface area (Å²) < 4.78 is 30.1. The number of fused-ring (bicyclic) bond motifs is 1. The minimum absolute atomic E-state index is 0.0189. The molecule has 0 atom stereocenters. The number of amides is 2. The molecule has 2 aromatic carbocycles. The molecule has 0 radical (unpaired) electrons. The molecule has 6 nitrogen and oxygen atoms in total. The molecule has 3 heterocycles. The number of carbonyl (C=O) groups excluding carboxylic acids is 2. The molecule has 0 bridgehead atoms. The number of hydrogen-bond acceptors (Lipinski definition) is 4. The number of hydrogen-bond donors (Lipinski definition) is 0. The second kappa shape index (κ2) is 10.0. The van der Waals surface area contributed by atoms with E-state index in [1.54, 1.807) is 17.0 Å². The Morgan fingerprint density at radius 1 is 0.861 bits per heavy atom. The second-order valence-corrected chi connectivity index (χ2v) is 9.26. The molecule has 2 amide bonds. The minimum Gasteiger partial charge on any atom is -0.434 e. The van der Waals surface area contributed by atoms with Gasteiger partial charge in [0.1, 0.15) is 5.75 Å². The van der Waals surface area contributed by atoms with Crippen LogP contribution in [0.3, 0.4) is 0 Å². The van der Waals surface area contributed by atoms with Crippen molar-refractivity contribution in [2.24, 2.45) is 0 Å². The third-order valence-electron chi connectivity index (χ3n) is 6.92. The molecule has 186 valence electrons. The molecule has 2 aliphatic heterocycles.